The van der Waals surface area contributed by atoms with Gasteiger partial charge >= 0.3 is 0 Å². The summed E-state index contributed by atoms with van der Waals surface area (Å²) < 4.78 is 5.29. The van der Waals surface area contributed by atoms with Gasteiger partial charge in [-0.1, -0.05) is 6.07 Å². The van der Waals surface area contributed by atoms with Crippen molar-refractivity contribution in [2.75, 3.05) is 26.8 Å². The number of hydrogen-bond donors (Lipinski definition) is 2. The number of nitrogens with zero attached hydrogens (tertiary/aromatic N) is 1. The summed E-state index contributed by atoms with van der Waals surface area (Å²) >= 11 is 0. The van der Waals surface area contributed by atoms with E-state index in [4.69, 9.17) is 10.5 Å². The highest BCUT2D eigenvalue weighted by atomic mass is 16.5. The Bertz CT molecular complexity index is 409. The number of ether oxygens (including phenoxy) is 1. The molecule has 4 heteroatoms. The highest BCUT2D eigenvalue weighted by Gasteiger charge is 2.19. The van der Waals surface area contributed by atoms with Gasteiger partial charge in [-0.3, -0.25) is 4.90 Å². The standard InChI is InChI=1S/C15H24N2O2/c1-19-15-5-4-12(7-14(15)8-16)9-17-6-2-3-13(10-17)11-18/h4-5,7,13,18H,2-3,6,8-11,16H2,1H3. The predicted molar refractivity (Wildman–Crippen MR) is 76.0 cm³/mol. The van der Waals surface area contributed by atoms with Gasteiger partial charge in [-0.25, -0.2) is 0 Å². The van der Waals surface area contributed by atoms with E-state index in [-0.39, 0.29) is 0 Å². The molecular weight excluding hydrogens is 240 g/mol. The zero-order chi connectivity index (χ0) is 13.7. The highest BCUT2D eigenvalue weighted by molar-refractivity contribution is 5.37. The summed E-state index contributed by atoms with van der Waals surface area (Å²) in [5, 5.41) is 9.27. The molecule has 1 aliphatic rings. The first-order chi connectivity index (χ1) is 9.26. The maximum absolute atomic E-state index is 9.27. The van der Waals surface area contributed by atoms with E-state index in [1.165, 1.54) is 12.0 Å². The van der Waals surface area contributed by atoms with Crippen molar-refractivity contribution >= 4 is 0 Å². The summed E-state index contributed by atoms with van der Waals surface area (Å²) in [4.78, 5) is 2.41. The molecule has 106 valence electrons. The monoisotopic (exact) mass is 264 g/mol. The molecule has 1 aromatic rings. The lowest BCUT2D eigenvalue weighted by Gasteiger charge is -2.31. The lowest BCUT2D eigenvalue weighted by atomic mass is 9.98. The van der Waals surface area contributed by atoms with Gasteiger partial charge in [-0.15, -0.1) is 0 Å². The first kappa shape index (κ1) is 14.3. The number of aliphatic hydroxyl groups excluding tert-OH is 1. The van der Waals surface area contributed by atoms with Crippen LogP contribution in [0.3, 0.4) is 0 Å². The molecule has 0 aliphatic carbocycles. The fourth-order valence-electron chi connectivity index (χ4n) is 2.79. The summed E-state index contributed by atoms with van der Waals surface area (Å²) in [6.45, 7) is 3.82. The summed E-state index contributed by atoms with van der Waals surface area (Å²) in [5.74, 6) is 1.29. The average Bonchev–Trinajstić information content (AvgIpc) is 2.47. The van der Waals surface area contributed by atoms with Gasteiger partial charge in [0.05, 0.1) is 7.11 Å². The minimum Gasteiger partial charge on any atom is -0.496 e. The highest BCUT2D eigenvalue weighted by Crippen LogP contribution is 2.22. The number of piperidine rings is 1. The molecule has 0 aromatic heterocycles. The van der Waals surface area contributed by atoms with Crippen molar-refractivity contribution in [3.8, 4) is 5.75 Å². The van der Waals surface area contributed by atoms with Crippen LogP contribution < -0.4 is 10.5 Å². The van der Waals surface area contributed by atoms with E-state index in [0.717, 1.165) is 37.4 Å². The molecule has 0 bridgehead atoms. The lowest BCUT2D eigenvalue weighted by Crippen LogP contribution is -2.36. The first-order valence-electron chi connectivity index (χ1n) is 6.96. The number of aliphatic hydroxyl groups is 1. The summed E-state index contributed by atoms with van der Waals surface area (Å²) in [6.07, 6.45) is 2.31. The zero-order valence-electron chi connectivity index (χ0n) is 11.6. The normalized spacial score (nSPS) is 20.5. The van der Waals surface area contributed by atoms with Crippen LogP contribution >= 0.6 is 0 Å². The molecule has 0 saturated carbocycles. The smallest absolute Gasteiger partial charge is 0.123 e. The van der Waals surface area contributed by atoms with Crippen LogP contribution in [0.4, 0.5) is 0 Å². The van der Waals surface area contributed by atoms with Crippen molar-refractivity contribution in [1.29, 1.82) is 0 Å². The third-order valence-corrected chi connectivity index (χ3v) is 3.83. The fraction of sp³-hybridized carbons (Fsp3) is 0.600. The fourth-order valence-corrected chi connectivity index (χ4v) is 2.79. The minimum atomic E-state index is 0.299. The second kappa shape index (κ2) is 6.89. The molecule has 0 radical (unpaired) electrons. The molecule has 1 aromatic carbocycles. The zero-order valence-corrected chi connectivity index (χ0v) is 11.6. The van der Waals surface area contributed by atoms with E-state index in [1.807, 2.05) is 6.07 Å². The number of likely N-dealkylation sites (tertiary alicyclic amines) is 1. The number of benzene rings is 1. The van der Waals surface area contributed by atoms with Crippen molar-refractivity contribution in [3.63, 3.8) is 0 Å². The van der Waals surface area contributed by atoms with E-state index < -0.39 is 0 Å². The van der Waals surface area contributed by atoms with Crippen LogP contribution in [-0.2, 0) is 13.1 Å². The second-order valence-corrected chi connectivity index (χ2v) is 5.28. The van der Waals surface area contributed by atoms with Gasteiger partial charge in [0.15, 0.2) is 0 Å². The van der Waals surface area contributed by atoms with E-state index in [2.05, 4.69) is 17.0 Å². The number of nitrogens with two attached hydrogens (primary N) is 1. The summed E-state index contributed by atoms with van der Waals surface area (Å²) in [5.41, 5.74) is 8.06. The van der Waals surface area contributed by atoms with E-state index >= 15 is 0 Å². The topological polar surface area (TPSA) is 58.7 Å². The Kier molecular flexibility index (Phi) is 5.19. The third-order valence-electron chi connectivity index (χ3n) is 3.83. The van der Waals surface area contributed by atoms with Gasteiger partial charge in [-0.2, -0.15) is 0 Å². The SMILES string of the molecule is COc1ccc(CN2CCCC(CO)C2)cc1CN. The molecule has 3 N–H and O–H groups in total. The Morgan fingerprint density at radius 3 is 3.00 bits per heavy atom. The van der Waals surface area contributed by atoms with E-state index in [0.29, 0.717) is 19.1 Å². The minimum absolute atomic E-state index is 0.299. The Morgan fingerprint density at radius 2 is 2.32 bits per heavy atom. The first-order valence-corrected chi connectivity index (χ1v) is 6.96. The summed E-state index contributed by atoms with van der Waals surface area (Å²) in [6, 6.07) is 6.22. The van der Waals surface area contributed by atoms with E-state index in [9.17, 15) is 5.11 Å². The molecule has 0 spiro atoms. The average molecular weight is 264 g/mol. The lowest BCUT2D eigenvalue weighted by molar-refractivity contribution is 0.116. The molecule has 1 atom stereocenters. The maximum Gasteiger partial charge on any atom is 0.123 e. The van der Waals surface area contributed by atoms with E-state index in [1.54, 1.807) is 7.11 Å². The molecule has 2 rings (SSSR count). The predicted octanol–water partition coefficient (Wildman–Crippen LogP) is 1.36. The molecule has 1 fully saturated rings. The van der Waals surface area contributed by atoms with Crippen molar-refractivity contribution in [2.45, 2.75) is 25.9 Å². The molecule has 1 saturated heterocycles. The van der Waals surface area contributed by atoms with Crippen LogP contribution in [0.2, 0.25) is 0 Å². The maximum atomic E-state index is 9.27. The molecular formula is C15H24N2O2. The van der Waals surface area contributed by atoms with Gasteiger partial charge in [0, 0.05) is 31.8 Å². The van der Waals surface area contributed by atoms with Gasteiger partial charge in [0.1, 0.15) is 5.75 Å². The molecule has 4 nitrogen and oxygen atoms in total. The van der Waals surface area contributed by atoms with Crippen LogP contribution in [0.25, 0.3) is 0 Å². The number of methoxy groups -OCH3 is 1. The van der Waals surface area contributed by atoms with Crippen LogP contribution in [0.15, 0.2) is 18.2 Å². The van der Waals surface area contributed by atoms with Gasteiger partial charge < -0.3 is 15.6 Å². The molecule has 0 amide bonds. The molecule has 19 heavy (non-hydrogen) atoms. The Morgan fingerprint density at radius 1 is 1.47 bits per heavy atom. The Labute approximate surface area is 115 Å². The summed E-state index contributed by atoms with van der Waals surface area (Å²) in [7, 11) is 1.67. The number of rotatable bonds is 5. The Balaban J connectivity index is 2.02. The van der Waals surface area contributed by atoms with Gasteiger partial charge in [0.2, 0.25) is 0 Å². The van der Waals surface area contributed by atoms with Gasteiger partial charge in [0.25, 0.3) is 0 Å². The van der Waals surface area contributed by atoms with Crippen LogP contribution in [0, 0.1) is 5.92 Å². The molecule has 1 heterocycles. The quantitative estimate of drug-likeness (QED) is 0.843. The van der Waals surface area contributed by atoms with Crippen LogP contribution in [0.1, 0.15) is 24.0 Å². The second-order valence-electron chi connectivity index (χ2n) is 5.28. The van der Waals surface area contributed by atoms with Crippen molar-refractivity contribution in [2.24, 2.45) is 11.7 Å². The van der Waals surface area contributed by atoms with Crippen molar-refractivity contribution < 1.29 is 9.84 Å². The van der Waals surface area contributed by atoms with Gasteiger partial charge in [-0.05, 0) is 43.0 Å². The van der Waals surface area contributed by atoms with Crippen LogP contribution in [-0.4, -0.2) is 36.8 Å². The van der Waals surface area contributed by atoms with Crippen molar-refractivity contribution in [3.05, 3.63) is 29.3 Å². The molecule has 1 aliphatic heterocycles. The largest absolute Gasteiger partial charge is 0.496 e. The van der Waals surface area contributed by atoms with Crippen molar-refractivity contribution in [1.82, 2.24) is 4.90 Å². The number of hydrogen-bond acceptors (Lipinski definition) is 4. The molecule has 1 unspecified atom stereocenters. The Hall–Kier alpha value is -1.10. The third kappa shape index (κ3) is 3.69. The van der Waals surface area contributed by atoms with Crippen LogP contribution in [0.5, 0.6) is 5.75 Å².